The van der Waals surface area contributed by atoms with Crippen molar-refractivity contribution in [2.45, 2.75) is 226 Å². The molecule has 0 fully saturated rings. The number of unbranched alkanes of at least 4 members (excludes halogenated alkanes) is 20. The standard InChI is InChI=1S/C58H94O6/c1-4-7-10-13-16-19-22-25-27-29-31-33-36-39-42-45-48-51-57(60)63-54-55(53-62-56(59)50-47-44-41-38-35-32-24-21-18-15-12-9-6-3)64-58(61)52-49-46-43-40-37-34-30-28-26-23-20-17-14-11-8-5-2/h8-9,11-12,15,17-18,20-21,24-28,32,35,38,41,55H,4-7,10,13-14,16,19,22-23,29-31,33-34,36-37,39-40,42-54H2,1-3H3/b11-8-,12-9-,18-15-,20-17-,24-21-,27-25-,28-26-,35-32-,41-38-. The van der Waals surface area contributed by atoms with Crippen LogP contribution in [0.15, 0.2) is 109 Å². The highest BCUT2D eigenvalue weighted by molar-refractivity contribution is 5.71. The van der Waals surface area contributed by atoms with E-state index < -0.39 is 6.10 Å². The number of carbonyl (C=O) groups is 3. The summed E-state index contributed by atoms with van der Waals surface area (Å²) in [5, 5.41) is 0. The lowest BCUT2D eigenvalue weighted by Crippen LogP contribution is -2.30. The Morgan fingerprint density at radius 2 is 0.703 bits per heavy atom. The number of hydrogen-bond acceptors (Lipinski definition) is 6. The Morgan fingerprint density at radius 3 is 1.20 bits per heavy atom. The van der Waals surface area contributed by atoms with Gasteiger partial charge in [0.05, 0.1) is 0 Å². The number of esters is 3. The summed E-state index contributed by atoms with van der Waals surface area (Å²) in [6.07, 6.45) is 69.4. The Bertz CT molecular complexity index is 1340. The van der Waals surface area contributed by atoms with Crippen LogP contribution in [0.5, 0.6) is 0 Å². The lowest BCUT2D eigenvalue weighted by molar-refractivity contribution is -0.167. The van der Waals surface area contributed by atoms with Gasteiger partial charge in [-0.2, -0.15) is 0 Å². The third kappa shape index (κ3) is 49.1. The van der Waals surface area contributed by atoms with Crippen LogP contribution in [-0.2, 0) is 28.6 Å². The van der Waals surface area contributed by atoms with Crippen molar-refractivity contribution in [3.63, 3.8) is 0 Å². The maximum absolute atomic E-state index is 12.8. The van der Waals surface area contributed by atoms with Crippen molar-refractivity contribution in [2.24, 2.45) is 0 Å². The molecular weight excluding hydrogens is 793 g/mol. The van der Waals surface area contributed by atoms with Gasteiger partial charge in [-0.15, -0.1) is 0 Å². The topological polar surface area (TPSA) is 78.9 Å². The third-order valence-corrected chi connectivity index (χ3v) is 10.6. The Morgan fingerprint density at radius 1 is 0.344 bits per heavy atom. The molecule has 0 spiro atoms. The van der Waals surface area contributed by atoms with Crippen LogP contribution in [-0.4, -0.2) is 37.2 Å². The molecule has 0 aromatic rings. The number of carbonyl (C=O) groups excluding carboxylic acids is 3. The van der Waals surface area contributed by atoms with Crippen molar-refractivity contribution in [1.82, 2.24) is 0 Å². The second-order valence-corrected chi connectivity index (χ2v) is 16.8. The summed E-state index contributed by atoms with van der Waals surface area (Å²) in [5.41, 5.74) is 0. The van der Waals surface area contributed by atoms with E-state index in [0.29, 0.717) is 19.3 Å². The molecule has 1 unspecified atom stereocenters. The summed E-state index contributed by atoms with van der Waals surface area (Å²) in [5.74, 6) is -1.01. The summed E-state index contributed by atoms with van der Waals surface area (Å²) >= 11 is 0. The van der Waals surface area contributed by atoms with Gasteiger partial charge in [-0.05, 0) is 89.9 Å². The largest absolute Gasteiger partial charge is 0.462 e. The third-order valence-electron chi connectivity index (χ3n) is 10.6. The van der Waals surface area contributed by atoms with E-state index in [9.17, 15) is 14.4 Å². The first-order valence-electron chi connectivity index (χ1n) is 26.0. The Labute approximate surface area is 393 Å². The summed E-state index contributed by atoms with van der Waals surface area (Å²) in [6.45, 7) is 6.29. The molecule has 0 rings (SSSR count). The fraction of sp³-hybridized carbons (Fsp3) is 0.638. The van der Waals surface area contributed by atoms with Crippen molar-refractivity contribution in [2.75, 3.05) is 13.2 Å². The predicted molar refractivity (Wildman–Crippen MR) is 274 cm³/mol. The molecular formula is C58H94O6. The molecule has 0 saturated heterocycles. The molecule has 0 aromatic carbocycles. The molecule has 0 N–H and O–H groups in total. The number of allylic oxidation sites excluding steroid dienone is 18. The van der Waals surface area contributed by atoms with E-state index in [2.05, 4.69) is 75.5 Å². The van der Waals surface area contributed by atoms with Gasteiger partial charge in [0.25, 0.3) is 0 Å². The van der Waals surface area contributed by atoms with Crippen molar-refractivity contribution in [3.05, 3.63) is 109 Å². The van der Waals surface area contributed by atoms with Crippen LogP contribution >= 0.6 is 0 Å². The van der Waals surface area contributed by atoms with Gasteiger partial charge in [-0.3, -0.25) is 14.4 Å². The van der Waals surface area contributed by atoms with E-state index in [0.717, 1.165) is 83.5 Å². The van der Waals surface area contributed by atoms with Gasteiger partial charge in [0, 0.05) is 19.3 Å². The molecule has 0 saturated carbocycles. The molecule has 0 heterocycles. The summed E-state index contributed by atoms with van der Waals surface area (Å²) in [7, 11) is 0. The number of hydrogen-bond donors (Lipinski definition) is 0. The van der Waals surface area contributed by atoms with Gasteiger partial charge < -0.3 is 14.2 Å². The fourth-order valence-corrected chi connectivity index (χ4v) is 6.77. The monoisotopic (exact) mass is 887 g/mol. The lowest BCUT2D eigenvalue weighted by Gasteiger charge is -2.18. The van der Waals surface area contributed by atoms with E-state index in [1.807, 2.05) is 54.7 Å². The first-order chi connectivity index (χ1) is 31.5. The summed E-state index contributed by atoms with van der Waals surface area (Å²) in [4.78, 5) is 38.0. The molecule has 6 nitrogen and oxygen atoms in total. The molecule has 362 valence electrons. The van der Waals surface area contributed by atoms with Gasteiger partial charge in [0.1, 0.15) is 13.2 Å². The summed E-state index contributed by atoms with van der Waals surface area (Å²) in [6, 6.07) is 0. The van der Waals surface area contributed by atoms with E-state index >= 15 is 0 Å². The van der Waals surface area contributed by atoms with E-state index in [1.165, 1.54) is 89.9 Å². The maximum Gasteiger partial charge on any atom is 0.306 e. The van der Waals surface area contributed by atoms with Gasteiger partial charge in [0.2, 0.25) is 0 Å². The smallest absolute Gasteiger partial charge is 0.306 e. The Kier molecular flexibility index (Phi) is 48.5. The SMILES string of the molecule is CC\C=C/C=C\C=C/C=C\C=C/CCCC(=O)OCC(COC(=O)CCCCCCCCC/C=C\CCCCCCCC)OC(=O)CCCCCCCC/C=C\C/C=C\C/C=C\CC. The van der Waals surface area contributed by atoms with Crippen molar-refractivity contribution < 1.29 is 28.6 Å². The fourth-order valence-electron chi connectivity index (χ4n) is 6.77. The van der Waals surface area contributed by atoms with Gasteiger partial charge in [0.15, 0.2) is 6.10 Å². The highest BCUT2D eigenvalue weighted by atomic mass is 16.6. The van der Waals surface area contributed by atoms with Crippen LogP contribution in [0.1, 0.15) is 220 Å². The zero-order valence-electron chi connectivity index (χ0n) is 41.3. The van der Waals surface area contributed by atoms with Crippen LogP contribution < -0.4 is 0 Å². The molecule has 0 aliphatic rings. The van der Waals surface area contributed by atoms with E-state index in [4.69, 9.17) is 14.2 Å². The minimum absolute atomic E-state index is 0.110. The number of ether oxygens (including phenoxy) is 3. The first-order valence-corrected chi connectivity index (χ1v) is 26.0. The highest BCUT2D eigenvalue weighted by Crippen LogP contribution is 2.14. The van der Waals surface area contributed by atoms with Crippen LogP contribution in [0.2, 0.25) is 0 Å². The van der Waals surface area contributed by atoms with Gasteiger partial charge in [-0.25, -0.2) is 0 Å². The van der Waals surface area contributed by atoms with Crippen molar-refractivity contribution >= 4 is 17.9 Å². The van der Waals surface area contributed by atoms with Crippen LogP contribution in [0.3, 0.4) is 0 Å². The van der Waals surface area contributed by atoms with Crippen molar-refractivity contribution in [3.8, 4) is 0 Å². The van der Waals surface area contributed by atoms with Crippen LogP contribution in [0.25, 0.3) is 0 Å². The first kappa shape index (κ1) is 60.1. The molecule has 0 aliphatic heterocycles. The van der Waals surface area contributed by atoms with E-state index in [-0.39, 0.29) is 37.5 Å². The van der Waals surface area contributed by atoms with Crippen LogP contribution in [0, 0.1) is 0 Å². The zero-order chi connectivity index (χ0) is 46.5. The predicted octanol–water partition coefficient (Wildman–Crippen LogP) is 17.1. The average molecular weight is 887 g/mol. The van der Waals surface area contributed by atoms with E-state index in [1.54, 1.807) is 0 Å². The molecule has 1 atom stereocenters. The summed E-state index contributed by atoms with van der Waals surface area (Å²) < 4.78 is 16.7. The highest BCUT2D eigenvalue weighted by Gasteiger charge is 2.19. The molecule has 6 heteroatoms. The zero-order valence-corrected chi connectivity index (χ0v) is 41.3. The van der Waals surface area contributed by atoms with Gasteiger partial charge in [-0.1, -0.05) is 220 Å². The quantitative estimate of drug-likeness (QED) is 0.0199. The lowest BCUT2D eigenvalue weighted by atomic mass is 10.1. The molecule has 0 aliphatic carbocycles. The Balaban J connectivity index is 4.50. The van der Waals surface area contributed by atoms with Crippen molar-refractivity contribution in [1.29, 1.82) is 0 Å². The molecule has 0 aromatic heterocycles. The van der Waals surface area contributed by atoms with Gasteiger partial charge >= 0.3 is 17.9 Å². The maximum atomic E-state index is 12.8. The molecule has 0 bridgehead atoms. The second kappa shape index (κ2) is 51.7. The molecule has 0 radical (unpaired) electrons. The second-order valence-electron chi connectivity index (χ2n) is 16.8. The average Bonchev–Trinajstić information content (AvgIpc) is 3.29. The minimum Gasteiger partial charge on any atom is -0.462 e. The molecule has 64 heavy (non-hydrogen) atoms. The number of rotatable bonds is 45. The molecule has 0 amide bonds. The minimum atomic E-state index is -0.817. The normalized spacial score (nSPS) is 13.0. The Hall–Kier alpha value is -3.93. The van der Waals surface area contributed by atoms with Crippen LogP contribution in [0.4, 0.5) is 0 Å².